The zero-order valence-corrected chi connectivity index (χ0v) is 15.5. The maximum Gasteiger partial charge on any atom is 0.157 e. The van der Waals surface area contributed by atoms with E-state index in [9.17, 15) is 0 Å². The van der Waals surface area contributed by atoms with Crippen LogP contribution >= 0.6 is 0 Å². The van der Waals surface area contributed by atoms with Crippen molar-refractivity contribution in [2.45, 2.75) is 6.42 Å². The van der Waals surface area contributed by atoms with E-state index in [1.165, 1.54) is 10.8 Å². The fourth-order valence-electron chi connectivity index (χ4n) is 3.89. The number of benzene rings is 2. The van der Waals surface area contributed by atoms with E-state index in [4.69, 9.17) is 4.98 Å². The third-order valence-electron chi connectivity index (χ3n) is 5.43. The highest BCUT2D eigenvalue weighted by atomic mass is 15.4. The molecule has 0 saturated carbocycles. The summed E-state index contributed by atoms with van der Waals surface area (Å²) in [6.45, 7) is 4.25. The maximum atomic E-state index is 4.87. The molecule has 1 aliphatic heterocycles. The van der Waals surface area contributed by atoms with Crippen LogP contribution in [0.4, 0.5) is 5.82 Å². The molecule has 0 N–H and O–H groups in total. The molecule has 4 aromatic rings. The predicted octanol–water partition coefficient (Wildman–Crippen LogP) is 3.69. The lowest BCUT2D eigenvalue weighted by Gasteiger charge is -2.23. The SMILES string of the molecule is CN1CCCN(c2cc(-c3ccc4ccccc4c3)nc3ccnn23)CC1. The predicted molar refractivity (Wildman–Crippen MR) is 110 cm³/mol. The fourth-order valence-corrected chi connectivity index (χ4v) is 3.89. The van der Waals surface area contributed by atoms with Crippen LogP contribution in [0.5, 0.6) is 0 Å². The molecule has 0 atom stereocenters. The van der Waals surface area contributed by atoms with Gasteiger partial charge in [0.25, 0.3) is 0 Å². The molecule has 0 aliphatic carbocycles. The number of nitrogens with zero attached hydrogens (tertiary/aromatic N) is 5. The molecule has 2 aromatic carbocycles. The Balaban J connectivity index is 1.62. The second-order valence-electron chi connectivity index (χ2n) is 7.31. The molecule has 0 spiro atoms. The van der Waals surface area contributed by atoms with Gasteiger partial charge in [-0.05, 0) is 36.9 Å². The van der Waals surface area contributed by atoms with E-state index >= 15 is 0 Å². The Morgan fingerprint density at radius 2 is 1.74 bits per heavy atom. The molecule has 136 valence electrons. The highest BCUT2D eigenvalue weighted by Gasteiger charge is 2.17. The summed E-state index contributed by atoms with van der Waals surface area (Å²) in [6.07, 6.45) is 2.99. The summed E-state index contributed by atoms with van der Waals surface area (Å²) in [5.74, 6) is 1.13. The summed E-state index contributed by atoms with van der Waals surface area (Å²) in [7, 11) is 2.19. The number of aromatic nitrogens is 3. The zero-order chi connectivity index (χ0) is 18.2. The van der Waals surface area contributed by atoms with E-state index in [0.717, 1.165) is 55.3 Å². The van der Waals surface area contributed by atoms with E-state index in [1.807, 2.05) is 16.8 Å². The smallest absolute Gasteiger partial charge is 0.157 e. The van der Waals surface area contributed by atoms with Crippen molar-refractivity contribution in [3.63, 3.8) is 0 Å². The lowest BCUT2D eigenvalue weighted by atomic mass is 10.0. The van der Waals surface area contributed by atoms with E-state index in [-0.39, 0.29) is 0 Å². The molecule has 0 unspecified atom stereocenters. The van der Waals surface area contributed by atoms with Crippen molar-refractivity contribution in [2.75, 3.05) is 38.1 Å². The van der Waals surface area contributed by atoms with Gasteiger partial charge in [-0.3, -0.25) is 0 Å². The summed E-state index contributed by atoms with van der Waals surface area (Å²) < 4.78 is 1.97. The van der Waals surface area contributed by atoms with Gasteiger partial charge in [-0.1, -0.05) is 36.4 Å². The van der Waals surface area contributed by atoms with Crippen LogP contribution in [0.3, 0.4) is 0 Å². The number of anilines is 1. The normalized spacial score (nSPS) is 16.1. The van der Waals surface area contributed by atoms with Crippen molar-refractivity contribution in [2.24, 2.45) is 0 Å². The zero-order valence-electron chi connectivity index (χ0n) is 15.5. The Bertz CT molecular complexity index is 1100. The van der Waals surface area contributed by atoms with Crippen molar-refractivity contribution in [1.29, 1.82) is 0 Å². The second kappa shape index (κ2) is 6.67. The minimum absolute atomic E-state index is 0.897. The van der Waals surface area contributed by atoms with E-state index in [1.54, 1.807) is 0 Å². The first-order chi connectivity index (χ1) is 13.3. The molecule has 2 aromatic heterocycles. The van der Waals surface area contributed by atoms with Crippen molar-refractivity contribution in [1.82, 2.24) is 19.5 Å². The van der Waals surface area contributed by atoms with Crippen LogP contribution in [0.1, 0.15) is 6.42 Å². The quantitative estimate of drug-likeness (QED) is 0.548. The van der Waals surface area contributed by atoms with Gasteiger partial charge in [0.2, 0.25) is 0 Å². The molecule has 0 bridgehead atoms. The highest BCUT2D eigenvalue weighted by Crippen LogP contribution is 2.27. The lowest BCUT2D eigenvalue weighted by molar-refractivity contribution is 0.360. The number of fused-ring (bicyclic) bond motifs is 2. The first kappa shape index (κ1) is 16.3. The van der Waals surface area contributed by atoms with Crippen LogP contribution in [-0.2, 0) is 0 Å². The number of rotatable bonds is 2. The first-order valence-electron chi connectivity index (χ1n) is 9.55. The molecular weight excluding hydrogens is 334 g/mol. The van der Waals surface area contributed by atoms with Crippen LogP contribution in [0.25, 0.3) is 27.7 Å². The minimum atomic E-state index is 0.897. The summed E-state index contributed by atoms with van der Waals surface area (Å²) >= 11 is 0. The fraction of sp³-hybridized carbons (Fsp3) is 0.273. The van der Waals surface area contributed by atoms with Crippen LogP contribution in [0.2, 0.25) is 0 Å². The third kappa shape index (κ3) is 3.04. The Hall–Kier alpha value is -2.92. The van der Waals surface area contributed by atoms with Crippen molar-refractivity contribution in [3.8, 4) is 11.3 Å². The molecule has 3 heterocycles. The van der Waals surface area contributed by atoms with Crippen LogP contribution in [0.15, 0.2) is 60.8 Å². The van der Waals surface area contributed by atoms with Gasteiger partial charge < -0.3 is 9.80 Å². The molecule has 5 heteroatoms. The molecule has 0 amide bonds. The molecule has 27 heavy (non-hydrogen) atoms. The lowest BCUT2D eigenvalue weighted by Crippen LogP contribution is -2.30. The molecule has 1 saturated heterocycles. The molecule has 5 nitrogen and oxygen atoms in total. The van der Waals surface area contributed by atoms with Crippen molar-refractivity contribution >= 4 is 22.2 Å². The molecule has 5 rings (SSSR count). The van der Waals surface area contributed by atoms with Gasteiger partial charge in [-0.2, -0.15) is 9.61 Å². The van der Waals surface area contributed by atoms with Gasteiger partial charge in [0, 0.05) is 37.3 Å². The van der Waals surface area contributed by atoms with Gasteiger partial charge in [-0.15, -0.1) is 0 Å². The Morgan fingerprint density at radius 1 is 0.852 bits per heavy atom. The van der Waals surface area contributed by atoms with Crippen LogP contribution in [-0.4, -0.2) is 52.7 Å². The Kier molecular flexibility index (Phi) is 4.02. The Labute approximate surface area is 158 Å². The van der Waals surface area contributed by atoms with E-state index < -0.39 is 0 Å². The molecule has 1 fully saturated rings. The van der Waals surface area contributed by atoms with E-state index in [2.05, 4.69) is 70.5 Å². The topological polar surface area (TPSA) is 36.7 Å². The van der Waals surface area contributed by atoms with Crippen LogP contribution < -0.4 is 4.90 Å². The number of hydrogen-bond acceptors (Lipinski definition) is 4. The van der Waals surface area contributed by atoms with Gasteiger partial charge in [0.15, 0.2) is 5.65 Å². The monoisotopic (exact) mass is 357 g/mol. The summed E-state index contributed by atoms with van der Waals surface area (Å²) in [5.41, 5.74) is 3.04. The standard InChI is InChI=1S/C22H23N5/c1-25-11-4-12-26(14-13-25)22-16-20(24-21-9-10-23-27(21)22)19-8-7-17-5-2-3-6-18(17)15-19/h2-3,5-10,15-16H,4,11-14H2,1H3. The largest absolute Gasteiger partial charge is 0.355 e. The summed E-state index contributed by atoms with van der Waals surface area (Å²) in [5, 5.41) is 7.02. The van der Waals surface area contributed by atoms with Gasteiger partial charge >= 0.3 is 0 Å². The average Bonchev–Trinajstić information content (AvgIpc) is 3.08. The average molecular weight is 357 g/mol. The molecule has 0 radical (unpaired) electrons. The van der Waals surface area contributed by atoms with Crippen molar-refractivity contribution in [3.05, 3.63) is 60.8 Å². The van der Waals surface area contributed by atoms with Crippen molar-refractivity contribution < 1.29 is 0 Å². The Morgan fingerprint density at radius 3 is 2.67 bits per heavy atom. The third-order valence-corrected chi connectivity index (χ3v) is 5.43. The number of hydrogen-bond donors (Lipinski definition) is 0. The second-order valence-corrected chi connectivity index (χ2v) is 7.31. The summed E-state index contributed by atoms with van der Waals surface area (Å²) in [6, 6.07) is 19.2. The van der Waals surface area contributed by atoms with Crippen LogP contribution in [0, 0.1) is 0 Å². The van der Waals surface area contributed by atoms with Gasteiger partial charge in [-0.25, -0.2) is 4.98 Å². The summed E-state index contributed by atoms with van der Waals surface area (Å²) in [4.78, 5) is 9.70. The highest BCUT2D eigenvalue weighted by molar-refractivity contribution is 5.87. The van der Waals surface area contributed by atoms with Gasteiger partial charge in [0.05, 0.1) is 11.9 Å². The van der Waals surface area contributed by atoms with E-state index in [0.29, 0.717) is 0 Å². The number of likely N-dealkylation sites (N-methyl/N-ethyl adjacent to an activating group) is 1. The molecular formula is C22H23N5. The maximum absolute atomic E-state index is 4.87. The van der Waals surface area contributed by atoms with Gasteiger partial charge in [0.1, 0.15) is 5.82 Å². The molecule has 1 aliphatic rings. The minimum Gasteiger partial charge on any atom is -0.355 e. The first-order valence-corrected chi connectivity index (χ1v) is 9.55.